The first-order chi connectivity index (χ1) is 9.20. The van der Waals surface area contributed by atoms with Crippen LogP contribution in [0.3, 0.4) is 0 Å². The molecule has 1 fully saturated rings. The van der Waals surface area contributed by atoms with Crippen LogP contribution < -0.4 is 10.5 Å². The summed E-state index contributed by atoms with van der Waals surface area (Å²) < 4.78 is 12.2. The van der Waals surface area contributed by atoms with Crippen LogP contribution in [0.2, 0.25) is 0 Å². The molecule has 4 heteroatoms. The van der Waals surface area contributed by atoms with Gasteiger partial charge in [0.15, 0.2) is 0 Å². The third-order valence-electron chi connectivity index (χ3n) is 3.66. The van der Waals surface area contributed by atoms with E-state index < -0.39 is 0 Å². The molecule has 0 saturated carbocycles. The van der Waals surface area contributed by atoms with E-state index in [1.54, 1.807) is 7.11 Å². The van der Waals surface area contributed by atoms with Gasteiger partial charge in [0.2, 0.25) is 0 Å². The van der Waals surface area contributed by atoms with Crippen molar-refractivity contribution in [1.82, 2.24) is 0 Å². The molecule has 2 atom stereocenters. The number of methoxy groups -OCH3 is 1. The molecule has 0 radical (unpaired) electrons. The molecule has 2 rings (SSSR count). The summed E-state index contributed by atoms with van der Waals surface area (Å²) in [5.41, 5.74) is 7.36. The first-order valence-corrected chi connectivity index (χ1v) is 7.70. The van der Waals surface area contributed by atoms with Crippen LogP contribution in [-0.4, -0.2) is 19.8 Å². The van der Waals surface area contributed by atoms with Gasteiger partial charge in [-0.15, -0.1) is 0 Å². The highest BCUT2D eigenvalue weighted by Crippen LogP contribution is 2.30. The lowest BCUT2D eigenvalue weighted by molar-refractivity contribution is 0.00909. The second kappa shape index (κ2) is 7.27. The fourth-order valence-corrected chi connectivity index (χ4v) is 2.93. The highest BCUT2D eigenvalue weighted by Gasteiger charge is 2.18. The molecule has 106 valence electrons. The van der Waals surface area contributed by atoms with Crippen molar-refractivity contribution in [2.75, 3.05) is 13.7 Å². The van der Waals surface area contributed by atoms with Crippen LogP contribution in [0.4, 0.5) is 0 Å². The van der Waals surface area contributed by atoms with Gasteiger partial charge in [0.1, 0.15) is 5.75 Å². The fraction of sp³-hybridized carbons (Fsp3) is 0.600. The Hall–Kier alpha value is -0.580. The minimum atomic E-state index is -0.00187. The van der Waals surface area contributed by atoms with Gasteiger partial charge in [0, 0.05) is 22.7 Å². The smallest absolute Gasteiger partial charge is 0.123 e. The Bertz CT molecular complexity index is 405. The molecule has 1 heterocycles. The molecule has 1 aromatic rings. The van der Waals surface area contributed by atoms with Gasteiger partial charge in [-0.3, -0.25) is 0 Å². The zero-order valence-electron chi connectivity index (χ0n) is 11.4. The van der Waals surface area contributed by atoms with Crippen LogP contribution in [0.1, 0.15) is 43.7 Å². The van der Waals surface area contributed by atoms with E-state index >= 15 is 0 Å². The average Bonchev–Trinajstić information content (AvgIpc) is 2.46. The van der Waals surface area contributed by atoms with E-state index in [-0.39, 0.29) is 6.04 Å². The minimum absolute atomic E-state index is 0.00187. The molecule has 1 aromatic carbocycles. The molecule has 19 heavy (non-hydrogen) atoms. The normalized spacial score (nSPS) is 21.1. The first-order valence-electron chi connectivity index (χ1n) is 6.91. The molecule has 1 aliphatic heterocycles. The van der Waals surface area contributed by atoms with Gasteiger partial charge in [0.25, 0.3) is 0 Å². The predicted molar refractivity (Wildman–Crippen MR) is 80.4 cm³/mol. The van der Waals surface area contributed by atoms with Crippen molar-refractivity contribution in [2.45, 2.75) is 44.2 Å². The first kappa shape index (κ1) is 14.8. The van der Waals surface area contributed by atoms with Crippen LogP contribution in [0, 0.1) is 0 Å². The van der Waals surface area contributed by atoms with Crippen molar-refractivity contribution in [3.8, 4) is 5.75 Å². The molecule has 0 aliphatic carbocycles. The Morgan fingerprint density at radius 3 is 3.00 bits per heavy atom. The van der Waals surface area contributed by atoms with E-state index in [0.717, 1.165) is 35.2 Å². The van der Waals surface area contributed by atoms with E-state index in [4.69, 9.17) is 15.2 Å². The molecule has 2 N–H and O–H groups in total. The SMILES string of the molecule is COc1ccc(Br)cc1C(N)CCC1CCCCO1. The number of rotatable bonds is 5. The van der Waals surface area contributed by atoms with Gasteiger partial charge in [0.05, 0.1) is 13.2 Å². The summed E-state index contributed by atoms with van der Waals surface area (Å²) in [5.74, 6) is 0.861. The highest BCUT2D eigenvalue weighted by atomic mass is 79.9. The molecule has 0 amide bonds. The quantitative estimate of drug-likeness (QED) is 0.894. The van der Waals surface area contributed by atoms with Gasteiger partial charge in [-0.1, -0.05) is 15.9 Å². The van der Waals surface area contributed by atoms with E-state index in [0.29, 0.717) is 6.10 Å². The standard InChI is InChI=1S/C15H22BrNO2/c1-18-15-8-5-11(16)10-13(15)14(17)7-6-12-4-2-3-9-19-12/h5,8,10,12,14H,2-4,6-7,9,17H2,1H3. The molecule has 0 aromatic heterocycles. The Morgan fingerprint density at radius 2 is 2.32 bits per heavy atom. The van der Waals surface area contributed by atoms with Gasteiger partial charge in [-0.05, 0) is 50.3 Å². The van der Waals surface area contributed by atoms with Crippen molar-refractivity contribution in [2.24, 2.45) is 5.73 Å². The maximum absolute atomic E-state index is 6.30. The summed E-state index contributed by atoms with van der Waals surface area (Å²) in [4.78, 5) is 0. The zero-order valence-corrected chi connectivity index (χ0v) is 13.0. The number of hydrogen-bond acceptors (Lipinski definition) is 3. The van der Waals surface area contributed by atoms with Crippen molar-refractivity contribution in [1.29, 1.82) is 0 Å². The number of nitrogens with two attached hydrogens (primary N) is 1. The molecular weight excluding hydrogens is 306 g/mol. The van der Waals surface area contributed by atoms with Crippen LogP contribution in [0.5, 0.6) is 5.75 Å². The van der Waals surface area contributed by atoms with Gasteiger partial charge in [-0.25, -0.2) is 0 Å². The Morgan fingerprint density at radius 1 is 1.47 bits per heavy atom. The minimum Gasteiger partial charge on any atom is -0.496 e. The maximum atomic E-state index is 6.30. The Kier molecular flexibility index (Phi) is 5.67. The van der Waals surface area contributed by atoms with Crippen molar-refractivity contribution >= 4 is 15.9 Å². The maximum Gasteiger partial charge on any atom is 0.123 e. The second-order valence-corrected chi connectivity index (χ2v) is 5.97. The topological polar surface area (TPSA) is 44.5 Å². The third-order valence-corrected chi connectivity index (χ3v) is 4.16. The van der Waals surface area contributed by atoms with Crippen molar-refractivity contribution < 1.29 is 9.47 Å². The lowest BCUT2D eigenvalue weighted by atomic mass is 9.97. The number of benzene rings is 1. The summed E-state index contributed by atoms with van der Waals surface area (Å²) in [5, 5.41) is 0. The lowest BCUT2D eigenvalue weighted by Gasteiger charge is -2.24. The summed E-state index contributed by atoms with van der Waals surface area (Å²) in [6.45, 7) is 0.903. The van der Waals surface area contributed by atoms with Crippen molar-refractivity contribution in [3.05, 3.63) is 28.2 Å². The van der Waals surface area contributed by atoms with Crippen LogP contribution in [0.25, 0.3) is 0 Å². The molecule has 0 spiro atoms. The molecule has 0 bridgehead atoms. The van der Waals surface area contributed by atoms with Gasteiger partial charge in [-0.2, -0.15) is 0 Å². The molecular formula is C15H22BrNO2. The lowest BCUT2D eigenvalue weighted by Crippen LogP contribution is -2.21. The largest absolute Gasteiger partial charge is 0.496 e. The average molecular weight is 328 g/mol. The number of halogens is 1. The molecule has 2 unspecified atom stereocenters. The summed E-state index contributed by atoms with van der Waals surface area (Å²) >= 11 is 3.49. The number of hydrogen-bond donors (Lipinski definition) is 1. The predicted octanol–water partition coefficient (Wildman–Crippen LogP) is 3.81. The molecule has 1 aliphatic rings. The second-order valence-electron chi connectivity index (χ2n) is 5.06. The fourth-order valence-electron chi connectivity index (χ4n) is 2.55. The van der Waals surface area contributed by atoms with E-state index in [1.165, 1.54) is 19.3 Å². The Labute approximate surface area is 123 Å². The molecule has 1 saturated heterocycles. The monoisotopic (exact) mass is 327 g/mol. The third kappa shape index (κ3) is 4.20. The highest BCUT2D eigenvalue weighted by molar-refractivity contribution is 9.10. The van der Waals surface area contributed by atoms with Crippen LogP contribution in [0.15, 0.2) is 22.7 Å². The number of ether oxygens (including phenoxy) is 2. The van der Waals surface area contributed by atoms with E-state index in [2.05, 4.69) is 15.9 Å². The zero-order chi connectivity index (χ0) is 13.7. The summed E-state index contributed by atoms with van der Waals surface area (Å²) in [6.07, 6.45) is 5.98. The Balaban J connectivity index is 1.94. The molecule has 3 nitrogen and oxygen atoms in total. The van der Waals surface area contributed by atoms with Crippen LogP contribution >= 0.6 is 15.9 Å². The van der Waals surface area contributed by atoms with Crippen molar-refractivity contribution in [3.63, 3.8) is 0 Å². The van der Waals surface area contributed by atoms with Gasteiger partial charge < -0.3 is 15.2 Å². The van der Waals surface area contributed by atoms with Gasteiger partial charge >= 0.3 is 0 Å². The van der Waals surface area contributed by atoms with E-state index in [9.17, 15) is 0 Å². The summed E-state index contributed by atoms with van der Waals surface area (Å²) in [6, 6.07) is 5.97. The van der Waals surface area contributed by atoms with Crippen LogP contribution in [-0.2, 0) is 4.74 Å². The summed E-state index contributed by atoms with van der Waals surface area (Å²) in [7, 11) is 1.68. The van der Waals surface area contributed by atoms with E-state index in [1.807, 2.05) is 18.2 Å².